The van der Waals surface area contributed by atoms with Crippen LogP contribution in [0.1, 0.15) is 39.5 Å². The summed E-state index contributed by atoms with van der Waals surface area (Å²) >= 11 is 3.30. The Kier molecular flexibility index (Phi) is 5.33. The van der Waals surface area contributed by atoms with Crippen molar-refractivity contribution in [2.24, 2.45) is 11.8 Å². The summed E-state index contributed by atoms with van der Waals surface area (Å²) in [6, 6.07) is 4.86. The third kappa shape index (κ3) is 3.99. The SMILES string of the molecule is CC(C)C1CCCCC1NS(=O)(=O)c1cc(N)ccc1Br. The first-order valence-corrected chi connectivity index (χ1v) is 9.66. The number of anilines is 1. The lowest BCUT2D eigenvalue weighted by atomic mass is 9.78. The molecule has 3 N–H and O–H groups in total. The molecular formula is C15H23BrN2O2S. The Morgan fingerprint density at radius 3 is 2.62 bits per heavy atom. The molecule has 0 bridgehead atoms. The Labute approximate surface area is 135 Å². The number of nitrogens with two attached hydrogens (primary N) is 1. The molecule has 2 atom stereocenters. The van der Waals surface area contributed by atoms with E-state index in [9.17, 15) is 8.42 Å². The van der Waals surface area contributed by atoms with Crippen LogP contribution in [0.4, 0.5) is 5.69 Å². The monoisotopic (exact) mass is 374 g/mol. The first-order chi connectivity index (χ1) is 9.81. The van der Waals surface area contributed by atoms with Gasteiger partial charge in [0.15, 0.2) is 0 Å². The van der Waals surface area contributed by atoms with Gasteiger partial charge in [-0.1, -0.05) is 26.7 Å². The van der Waals surface area contributed by atoms with Gasteiger partial charge in [0.1, 0.15) is 0 Å². The number of rotatable bonds is 4. The van der Waals surface area contributed by atoms with Gasteiger partial charge in [-0.15, -0.1) is 0 Å². The molecule has 1 aliphatic carbocycles. The van der Waals surface area contributed by atoms with Crippen molar-refractivity contribution < 1.29 is 8.42 Å². The van der Waals surface area contributed by atoms with Crippen LogP contribution < -0.4 is 10.5 Å². The van der Waals surface area contributed by atoms with Gasteiger partial charge in [-0.05, 0) is 58.8 Å². The van der Waals surface area contributed by atoms with E-state index in [1.165, 1.54) is 12.5 Å². The molecule has 1 aromatic rings. The first kappa shape index (κ1) is 16.8. The molecule has 0 heterocycles. The average Bonchev–Trinajstić information content (AvgIpc) is 2.41. The molecule has 21 heavy (non-hydrogen) atoms. The second-order valence-electron chi connectivity index (χ2n) is 6.11. The molecular weight excluding hydrogens is 352 g/mol. The molecule has 6 heteroatoms. The molecule has 1 aliphatic rings. The van der Waals surface area contributed by atoms with Crippen LogP contribution in [0.5, 0.6) is 0 Å². The fourth-order valence-electron chi connectivity index (χ4n) is 3.09. The fourth-order valence-corrected chi connectivity index (χ4v) is 5.41. The van der Waals surface area contributed by atoms with E-state index in [4.69, 9.17) is 5.73 Å². The lowest BCUT2D eigenvalue weighted by molar-refractivity contribution is 0.226. The van der Waals surface area contributed by atoms with E-state index < -0.39 is 10.0 Å². The summed E-state index contributed by atoms with van der Waals surface area (Å²) in [6.07, 6.45) is 4.25. The molecule has 1 saturated carbocycles. The molecule has 1 fully saturated rings. The molecule has 0 aliphatic heterocycles. The zero-order chi connectivity index (χ0) is 15.6. The highest BCUT2D eigenvalue weighted by Crippen LogP contribution is 2.32. The van der Waals surface area contributed by atoms with Gasteiger partial charge in [-0.3, -0.25) is 0 Å². The molecule has 118 valence electrons. The van der Waals surface area contributed by atoms with Crippen LogP contribution in [-0.2, 0) is 10.0 Å². The summed E-state index contributed by atoms with van der Waals surface area (Å²) in [5.41, 5.74) is 6.17. The largest absolute Gasteiger partial charge is 0.399 e. The highest BCUT2D eigenvalue weighted by Gasteiger charge is 2.31. The maximum absolute atomic E-state index is 12.6. The van der Waals surface area contributed by atoms with E-state index in [1.54, 1.807) is 12.1 Å². The molecule has 1 aromatic carbocycles. The summed E-state index contributed by atoms with van der Waals surface area (Å²) in [6.45, 7) is 4.32. The van der Waals surface area contributed by atoms with Crippen LogP contribution >= 0.6 is 15.9 Å². The second-order valence-corrected chi connectivity index (χ2v) is 8.65. The molecule has 4 nitrogen and oxygen atoms in total. The van der Waals surface area contributed by atoms with Crippen molar-refractivity contribution in [1.82, 2.24) is 4.72 Å². The molecule has 2 unspecified atom stereocenters. The van der Waals surface area contributed by atoms with Crippen molar-refractivity contribution in [3.05, 3.63) is 22.7 Å². The number of hydrogen-bond acceptors (Lipinski definition) is 3. The lowest BCUT2D eigenvalue weighted by Crippen LogP contribution is -2.43. The normalized spacial score (nSPS) is 23.4. The van der Waals surface area contributed by atoms with E-state index in [-0.39, 0.29) is 10.9 Å². The van der Waals surface area contributed by atoms with Crippen LogP contribution in [0.2, 0.25) is 0 Å². The number of nitrogen functional groups attached to an aromatic ring is 1. The summed E-state index contributed by atoms with van der Waals surface area (Å²) in [5, 5.41) is 0. The van der Waals surface area contributed by atoms with Crippen LogP contribution in [-0.4, -0.2) is 14.5 Å². The number of nitrogens with one attached hydrogen (secondary N) is 1. The van der Waals surface area contributed by atoms with Crippen molar-refractivity contribution in [2.75, 3.05) is 5.73 Å². The summed E-state index contributed by atoms with van der Waals surface area (Å²) in [7, 11) is -3.56. The Hall–Kier alpha value is -0.590. The minimum atomic E-state index is -3.56. The molecule has 0 saturated heterocycles. The van der Waals surface area contributed by atoms with Crippen molar-refractivity contribution in [2.45, 2.75) is 50.5 Å². The van der Waals surface area contributed by atoms with E-state index in [1.807, 2.05) is 0 Å². The van der Waals surface area contributed by atoms with Gasteiger partial charge in [0.25, 0.3) is 0 Å². The van der Waals surface area contributed by atoms with Gasteiger partial charge in [-0.2, -0.15) is 0 Å². The maximum atomic E-state index is 12.6. The van der Waals surface area contributed by atoms with Crippen molar-refractivity contribution in [3.63, 3.8) is 0 Å². The zero-order valence-electron chi connectivity index (χ0n) is 12.5. The summed E-state index contributed by atoms with van der Waals surface area (Å²) in [4.78, 5) is 0.218. The van der Waals surface area contributed by atoms with Crippen molar-refractivity contribution >= 4 is 31.6 Å². The first-order valence-electron chi connectivity index (χ1n) is 7.38. The Morgan fingerprint density at radius 1 is 1.29 bits per heavy atom. The minimum Gasteiger partial charge on any atom is -0.399 e. The Balaban J connectivity index is 2.25. The third-order valence-electron chi connectivity index (χ3n) is 4.23. The Bertz CT molecular complexity index is 602. The van der Waals surface area contributed by atoms with E-state index >= 15 is 0 Å². The summed E-state index contributed by atoms with van der Waals surface area (Å²) in [5.74, 6) is 0.871. The molecule has 0 amide bonds. The molecule has 2 rings (SSSR count). The van der Waals surface area contributed by atoms with E-state index in [0.29, 0.717) is 22.0 Å². The van der Waals surface area contributed by atoms with Crippen LogP contribution in [0.3, 0.4) is 0 Å². The Morgan fingerprint density at radius 2 is 1.95 bits per heavy atom. The number of sulfonamides is 1. The van der Waals surface area contributed by atoms with E-state index in [2.05, 4.69) is 34.5 Å². The zero-order valence-corrected chi connectivity index (χ0v) is 14.9. The van der Waals surface area contributed by atoms with Gasteiger partial charge in [0.2, 0.25) is 10.0 Å². The van der Waals surface area contributed by atoms with Crippen molar-refractivity contribution in [3.8, 4) is 0 Å². The van der Waals surface area contributed by atoms with Crippen LogP contribution in [0.25, 0.3) is 0 Å². The lowest BCUT2D eigenvalue weighted by Gasteiger charge is -2.34. The van der Waals surface area contributed by atoms with Crippen molar-refractivity contribution in [1.29, 1.82) is 0 Å². The van der Waals surface area contributed by atoms with Gasteiger partial charge >= 0.3 is 0 Å². The molecule has 0 radical (unpaired) electrons. The quantitative estimate of drug-likeness (QED) is 0.791. The van der Waals surface area contributed by atoms with Gasteiger partial charge < -0.3 is 5.73 Å². The topological polar surface area (TPSA) is 72.2 Å². The summed E-state index contributed by atoms with van der Waals surface area (Å²) < 4.78 is 28.7. The highest BCUT2D eigenvalue weighted by molar-refractivity contribution is 9.10. The number of hydrogen-bond donors (Lipinski definition) is 2. The predicted molar refractivity (Wildman–Crippen MR) is 89.5 cm³/mol. The second kappa shape index (κ2) is 6.67. The van der Waals surface area contributed by atoms with Crippen LogP contribution in [0, 0.1) is 11.8 Å². The number of benzene rings is 1. The van der Waals surface area contributed by atoms with Gasteiger partial charge in [0.05, 0.1) is 4.90 Å². The predicted octanol–water partition coefficient (Wildman–Crippen LogP) is 3.52. The van der Waals surface area contributed by atoms with Gasteiger partial charge in [0, 0.05) is 16.2 Å². The minimum absolute atomic E-state index is 0.0112. The average molecular weight is 375 g/mol. The number of halogens is 1. The molecule has 0 spiro atoms. The smallest absolute Gasteiger partial charge is 0.242 e. The third-order valence-corrected chi connectivity index (χ3v) is 6.71. The standard InChI is InChI=1S/C15H23BrN2O2S/c1-10(2)12-5-3-4-6-14(12)18-21(19,20)15-9-11(17)7-8-13(15)16/h7-10,12,14,18H,3-6,17H2,1-2H3. The van der Waals surface area contributed by atoms with E-state index in [0.717, 1.165) is 19.3 Å². The van der Waals surface area contributed by atoms with Gasteiger partial charge in [-0.25, -0.2) is 13.1 Å². The maximum Gasteiger partial charge on any atom is 0.242 e. The fraction of sp³-hybridized carbons (Fsp3) is 0.600. The highest BCUT2D eigenvalue weighted by atomic mass is 79.9. The molecule has 0 aromatic heterocycles. The van der Waals surface area contributed by atoms with Crippen LogP contribution in [0.15, 0.2) is 27.6 Å².